The molecule has 2 amide bonds. The van der Waals surface area contributed by atoms with Crippen LogP contribution in [0, 0.1) is 19.7 Å². The number of nitrogens with one attached hydrogen (secondary N) is 1. The monoisotopic (exact) mass is 508 g/mol. The van der Waals surface area contributed by atoms with Crippen molar-refractivity contribution in [3.05, 3.63) is 113 Å². The van der Waals surface area contributed by atoms with E-state index in [-0.39, 0.29) is 29.8 Å². The molecule has 0 unspecified atom stereocenters. The summed E-state index contributed by atoms with van der Waals surface area (Å²) < 4.78 is 49.1. The number of urea groups is 1. The summed E-state index contributed by atoms with van der Waals surface area (Å²) in [5.41, 5.74) is 3.24. The molecule has 4 aromatic rings. The quantitative estimate of drug-likeness (QED) is 0.293. The fraction of sp³-hybridized carbons (Fsp3) is 0.148. The van der Waals surface area contributed by atoms with E-state index in [1.165, 1.54) is 12.3 Å². The van der Waals surface area contributed by atoms with Crippen LogP contribution in [-0.2, 0) is 23.2 Å². The highest BCUT2D eigenvalue weighted by Gasteiger charge is 2.20. The predicted molar refractivity (Wildman–Crippen MR) is 134 cm³/mol. The summed E-state index contributed by atoms with van der Waals surface area (Å²) in [5, 5.41) is 2.98. The number of rotatable bonds is 8. The molecular weight excluding hydrogens is 483 g/mol. The lowest BCUT2D eigenvalue weighted by Crippen LogP contribution is -2.34. The van der Waals surface area contributed by atoms with Crippen LogP contribution in [0.1, 0.15) is 22.5 Å². The molecule has 0 spiro atoms. The Morgan fingerprint density at radius 2 is 1.64 bits per heavy atom. The van der Waals surface area contributed by atoms with E-state index in [2.05, 4.69) is 5.32 Å². The van der Waals surface area contributed by atoms with Gasteiger partial charge in [-0.25, -0.2) is 9.18 Å². The van der Waals surface area contributed by atoms with Gasteiger partial charge in [0.15, 0.2) is 0 Å². The summed E-state index contributed by atoms with van der Waals surface area (Å²) in [5.74, 6) is 0.120. The zero-order chi connectivity index (χ0) is 25.7. The highest BCUT2D eigenvalue weighted by Crippen LogP contribution is 2.23. The molecule has 1 heterocycles. The molecule has 0 aliphatic heterocycles. The number of furan rings is 1. The summed E-state index contributed by atoms with van der Waals surface area (Å²) in [6, 6.07) is 19.8. The minimum atomic E-state index is -4.16. The summed E-state index contributed by atoms with van der Waals surface area (Å²) in [6.07, 6.45) is 1.53. The van der Waals surface area contributed by atoms with E-state index >= 15 is 0 Å². The molecule has 0 saturated heterocycles. The van der Waals surface area contributed by atoms with Gasteiger partial charge in [0.25, 0.3) is 0 Å². The van der Waals surface area contributed by atoms with E-state index in [0.29, 0.717) is 11.3 Å². The average Bonchev–Trinajstić information content (AvgIpc) is 3.34. The third-order valence-electron chi connectivity index (χ3n) is 5.51. The van der Waals surface area contributed by atoms with Crippen molar-refractivity contribution in [2.24, 2.45) is 0 Å². The molecule has 9 heteroatoms. The number of nitrogens with zero attached hydrogens (tertiary/aromatic N) is 1. The lowest BCUT2D eigenvalue weighted by Gasteiger charge is -2.24. The maximum Gasteiger partial charge on any atom is 0.339 e. The van der Waals surface area contributed by atoms with Crippen molar-refractivity contribution < 1.29 is 26.2 Å². The maximum absolute atomic E-state index is 13.3. The highest BCUT2D eigenvalue weighted by molar-refractivity contribution is 7.87. The van der Waals surface area contributed by atoms with E-state index in [0.717, 1.165) is 41.1 Å². The molecule has 1 aromatic heterocycles. The molecule has 7 nitrogen and oxygen atoms in total. The Bertz CT molecular complexity index is 1430. The fourth-order valence-electron chi connectivity index (χ4n) is 3.68. The van der Waals surface area contributed by atoms with Crippen molar-refractivity contribution in [3.8, 4) is 5.75 Å². The molecule has 0 aliphatic rings. The second-order valence-corrected chi connectivity index (χ2v) is 9.82. The third kappa shape index (κ3) is 6.11. The first-order valence-electron chi connectivity index (χ1n) is 11.1. The number of carbonyl (C=O) groups is 1. The Kier molecular flexibility index (Phi) is 7.40. The normalized spacial score (nSPS) is 11.2. The number of halogens is 1. The SMILES string of the molecule is Cc1cccc(C)c1NC(=O)N(Cc1cccc(OS(=O)(=O)c2ccc(F)cc2)c1)Cc1ccco1. The molecular formula is C27H25FN2O5S. The lowest BCUT2D eigenvalue weighted by molar-refractivity contribution is 0.201. The van der Waals surface area contributed by atoms with Crippen molar-refractivity contribution in [2.45, 2.75) is 31.8 Å². The topological polar surface area (TPSA) is 88.9 Å². The third-order valence-corrected chi connectivity index (χ3v) is 6.77. The van der Waals surface area contributed by atoms with Crippen LogP contribution in [0.5, 0.6) is 5.75 Å². The summed E-state index contributed by atoms with van der Waals surface area (Å²) >= 11 is 0. The van der Waals surface area contributed by atoms with Crippen molar-refractivity contribution in [1.82, 2.24) is 4.90 Å². The summed E-state index contributed by atoms with van der Waals surface area (Å²) in [7, 11) is -4.16. The van der Waals surface area contributed by atoms with Gasteiger partial charge in [0.05, 0.1) is 12.8 Å². The number of carbonyl (C=O) groups excluding carboxylic acids is 1. The van der Waals surface area contributed by atoms with Crippen LogP contribution in [-0.4, -0.2) is 19.3 Å². The fourth-order valence-corrected chi connectivity index (χ4v) is 4.60. The number of hydrogen-bond donors (Lipinski definition) is 1. The van der Waals surface area contributed by atoms with Crippen LogP contribution in [0.4, 0.5) is 14.9 Å². The Balaban J connectivity index is 1.55. The molecule has 36 heavy (non-hydrogen) atoms. The van der Waals surface area contributed by atoms with Crippen molar-refractivity contribution >= 4 is 21.8 Å². The van der Waals surface area contributed by atoms with Gasteiger partial charge in [0.1, 0.15) is 22.2 Å². The predicted octanol–water partition coefficient (Wildman–Crippen LogP) is 6.04. The average molecular weight is 509 g/mol. The smallest absolute Gasteiger partial charge is 0.339 e. The summed E-state index contributed by atoms with van der Waals surface area (Å²) in [4.78, 5) is 14.7. The number of aryl methyl sites for hydroxylation is 2. The Labute approximate surface area is 209 Å². The van der Waals surface area contributed by atoms with Crippen LogP contribution >= 0.6 is 0 Å². The Morgan fingerprint density at radius 3 is 2.31 bits per heavy atom. The second kappa shape index (κ2) is 10.7. The molecule has 3 aromatic carbocycles. The first-order chi connectivity index (χ1) is 17.2. The minimum Gasteiger partial charge on any atom is -0.467 e. The number of anilines is 1. The van der Waals surface area contributed by atoms with E-state index in [1.54, 1.807) is 35.2 Å². The van der Waals surface area contributed by atoms with Gasteiger partial charge in [-0.05, 0) is 79.1 Å². The van der Waals surface area contributed by atoms with Gasteiger partial charge in [-0.1, -0.05) is 30.3 Å². The van der Waals surface area contributed by atoms with Gasteiger partial charge in [0.2, 0.25) is 0 Å². The number of para-hydroxylation sites is 1. The van der Waals surface area contributed by atoms with Gasteiger partial charge in [-0.15, -0.1) is 0 Å². The van der Waals surface area contributed by atoms with Crippen LogP contribution < -0.4 is 9.50 Å². The van der Waals surface area contributed by atoms with Gasteiger partial charge >= 0.3 is 16.1 Å². The molecule has 4 rings (SSSR count). The van der Waals surface area contributed by atoms with Crippen LogP contribution in [0.15, 0.2) is 94.4 Å². The standard InChI is InChI=1S/C27H25FN2O5S/c1-19-6-3-7-20(2)26(19)29-27(31)30(18-24-10-5-15-34-24)17-21-8-4-9-23(16-21)35-36(32,33)25-13-11-22(28)12-14-25/h3-16H,17-18H2,1-2H3,(H,29,31). The van der Waals surface area contributed by atoms with Crippen molar-refractivity contribution in [3.63, 3.8) is 0 Å². The molecule has 0 atom stereocenters. The second-order valence-electron chi connectivity index (χ2n) is 8.27. The number of benzene rings is 3. The lowest BCUT2D eigenvalue weighted by atomic mass is 10.1. The first-order valence-corrected chi connectivity index (χ1v) is 12.6. The van der Waals surface area contributed by atoms with Gasteiger partial charge in [-0.3, -0.25) is 0 Å². The molecule has 1 N–H and O–H groups in total. The zero-order valence-electron chi connectivity index (χ0n) is 19.8. The van der Waals surface area contributed by atoms with Crippen molar-refractivity contribution in [2.75, 3.05) is 5.32 Å². The van der Waals surface area contributed by atoms with Gasteiger partial charge in [0, 0.05) is 12.2 Å². The van der Waals surface area contributed by atoms with E-state index < -0.39 is 15.9 Å². The molecule has 0 bridgehead atoms. The largest absolute Gasteiger partial charge is 0.467 e. The van der Waals surface area contributed by atoms with Crippen LogP contribution in [0.3, 0.4) is 0 Å². The van der Waals surface area contributed by atoms with Crippen LogP contribution in [0.25, 0.3) is 0 Å². The van der Waals surface area contributed by atoms with Gasteiger partial charge in [-0.2, -0.15) is 8.42 Å². The van der Waals surface area contributed by atoms with Gasteiger partial charge < -0.3 is 18.8 Å². The maximum atomic E-state index is 13.3. The molecule has 0 fully saturated rings. The zero-order valence-corrected chi connectivity index (χ0v) is 20.6. The van der Waals surface area contributed by atoms with Crippen molar-refractivity contribution in [1.29, 1.82) is 0 Å². The van der Waals surface area contributed by atoms with Crippen LogP contribution in [0.2, 0.25) is 0 Å². The van der Waals surface area contributed by atoms with E-state index in [1.807, 2.05) is 32.0 Å². The molecule has 0 saturated carbocycles. The number of hydrogen-bond acceptors (Lipinski definition) is 5. The highest BCUT2D eigenvalue weighted by atomic mass is 32.2. The minimum absolute atomic E-state index is 0.0740. The molecule has 186 valence electrons. The first kappa shape index (κ1) is 25.0. The molecule has 0 radical (unpaired) electrons. The number of amides is 2. The Morgan fingerprint density at radius 1 is 0.944 bits per heavy atom. The van der Waals surface area contributed by atoms with E-state index in [9.17, 15) is 17.6 Å². The molecule has 0 aliphatic carbocycles. The summed E-state index contributed by atoms with van der Waals surface area (Å²) in [6.45, 7) is 4.19. The Hall–Kier alpha value is -4.11. The van der Waals surface area contributed by atoms with E-state index in [4.69, 9.17) is 8.60 Å².